The van der Waals surface area contributed by atoms with Gasteiger partial charge in [-0.3, -0.25) is 15.0 Å². The Bertz CT molecular complexity index is 3200. The molecule has 4 aromatic heterocycles. The zero-order chi connectivity index (χ0) is 48.9. The van der Waals surface area contributed by atoms with Crippen LogP contribution in [-0.2, 0) is 32.9 Å². The topological polar surface area (TPSA) is 51.8 Å². The van der Waals surface area contributed by atoms with Crippen molar-refractivity contribution in [3.8, 4) is 44.9 Å². The van der Waals surface area contributed by atoms with Crippen molar-refractivity contribution < 1.29 is 24.5 Å². The molecule has 3 fully saturated rings. The number of nitrogens with zero attached hydrogens (tertiary/aromatic N) is 3. The van der Waals surface area contributed by atoms with E-state index in [1.54, 1.807) is 0 Å². The van der Waals surface area contributed by atoms with E-state index < -0.39 is 8.07 Å². The number of para-hydroxylation sites is 1. The predicted octanol–water partition coefficient (Wildman–Crippen LogP) is 17.3. The number of hydrogen-bond donors (Lipinski definition) is 0. The minimum atomic E-state index is -1.33. The summed E-state index contributed by atoms with van der Waals surface area (Å²) < 4.78 is 6.65. The van der Waals surface area contributed by atoms with E-state index in [1.165, 1.54) is 110 Å². The van der Waals surface area contributed by atoms with Gasteiger partial charge in [-0.25, -0.2) is 0 Å². The van der Waals surface area contributed by atoms with Gasteiger partial charge in [-0.1, -0.05) is 150 Å². The van der Waals surface area contributed by atoms with E-state index in [9.17, 15) is 0 Å². The fourth-order valence-electron chi connectivity index (χ4n) is 11.3. The Hall–Kier alpha value is -5.78. The maximum absolute atomic E-state index is 6.65. The molecule has 5 aromatic carbocycles. The van der Waals surface area contributed by atoms with Crippen LogP contribution in [0.4, 0.5) is 0 Å². The second-order valence-electron chi connectivity index (χ2n) is 21.5. The van der Waals surface area contributed by atoms with E-state index in [4.69, 9.17) is 14.4 Å². The van der Waals surface area contributed by atoms with Crippen LogP contribution in [0, 0.1) is 38.5 Å². The van der Waals surface area contributed by atoms with E-state index in [0.717, 1.165) is 58.0 Å². The second kappa shape index (κ2) is 22.7. The van der Waals surface area contributed by atoms with Crippen LogP contribution in [0.2, 0.25) is 19.6 Å². The van der Waals surface area contributed by atoms with E-state index in [2.05, 4.69) is 188 Å². The third kappa shape index (κ3) is 11.8. The molecular formula is C65H71IrN3OSi. The summed E-state index contributed by atoms with van der Waals surface area (Å²) in [7, 11) is -1.33. The van der Waals surface area contributed by atoms with Crippen molar-refractivity contribution in [2.24, 2.45) is 17.8 Å². The largest absolute Gasteiger partial charge is 0.455 e. The number of furan rings is 1. The maximum Gasteiger partial charge on any atom is 0.144 e. The van der Waals surface area contributed by atoms with Gasteiger partial charge in [-0.2, -0.15) is 0 Å². The van der Waals surface area contributed by atoms with Gasteiger partial charge >= 0.3 is 0 Å². The molecule has 1 radical (unpaired) electrons. The first-order chi connectivity index (χ1) is 33.8. The minimum absolute atomic E-state index is 0. The molecule has 0 aliphatic heterocycles. The molecule has 3 aliphatic carbocycles. The molecule has 4 nitrogen and oxygen atoms in total. The van der Waals surface area contributed by atoms with Crippen LogP contribution in [0.1, 0.15) is 92.2 Å². The molecule has 9 aromatic rings. The molecular weight excluding hydrogens is 1060 g/mol. The Morgan fingerprint density at radius 3 is 1.83 bits per heavy atom. The van der Waals surface area contributed by atoms with Crippen LogP contribution < -0.4 is 5.19 Å². The predicted molar refractivity (Wildman–Crippen MR) is 300 cm³/mol. The molecule has 6 heteroatoms. The fraction of sp³-hybridized carbons (Fsp3) is 0.308. The van der Waals surface area contributed by atoms with E-state index in [-0.39, 0.29) is 20.1 Å². The third-order valence-corrected chi connectivity index (χ3v) is 17.1. The quantitative estimate of drug-likeness (QED) is 0.135. The third-order valence-electron chi connectivity index (χ3n) is 15.0. The van der Waals surface area contributed by atoms with Crippen molar-refractivity contribution in [1.29, 1.82) is 0 Å². The van der Waals surface area contributed by atoms with Gasteiger partial charge in [0.05, 0.1) is 25.2 Å². The van der Waals surface area contributed by atoms with Crippen molar-refractivity contribution >= 4 is 35.2 Å². The molecule has 2 bridgehead atoms. The Morgan fingerprint density at radius 2 is 1.23 bits per heavy atom. The first-order valence-corrected chi connectivity index (χ1v) is 29.4. The molecule has 12 rings (SSSR count). The zero-order valence-corrected chi connectivity index (χ0v) is 46.7. The Balaban J connectivity index is 0.000000166. The van der Waals surface area contributed by atoms with E-state index >= 15 is 0 Å². The SMILES string of the molecule is CC(C)c1cc(-c2ccccc2)ncc1[Si](C)(C)C.CCc1ccnc(-c2ccccc2)c1.Cc1cc(-c2c(C)cccc2C)c2c(c1)oc1c(-c3cc(CC4CC5CCC4CC5)ccn3)cccc12.[Ir]. The molecule has 0 spiro atoms. The number of aryl methyl sites for hydroxylation is 4. The normalized spacial score (nSPS) is 16.2. The standard InChI is InChI=1S/C35H35NO.C17H23NSi.C13H13N.Ir/c1-21-16-30(33-22(2)6-4-7-23(33)3)34-29-9-5-8-28(35(29)37-32(34)17-21)31-20-25(14-15-36-31)19-27-18-24-10-12-26(27)13-11-24;1-13(2)15-11-16(14-9-7-6-8-10-14)18-12-17(15)19(3,4)5;1-2-11-8-9-14-13(10-11)12-6-4-3-5-7-12;/h4-9,14-17,20,24,26-27H,10-13,18-19H2,1-3H3;6-13H,1-5H3;3-10H,2H2,1H3;. The van der Waals surface area contributed by atoms with Crippen LogP contribution in [-0.4, -0.2) is 23.0 Å². The van der Waals surface area contributed by atoms with Gasteiger partial charge in [-0.05, 0) is 169 Å². The van der Waals surface area contributed by atoms with Crippen molar-refractivity contribution in [3.63, 3.8) is 0 Å². The smallest absolute Gasteiger partial charge is 0.144 e. The van der Waals surface area contributed by atoms with Gasteiger partial charge in [0.2, 0.25) is 0 Å². The molecule has 365 valence electrons. The summed E-state index contributed by atoms with van der Waals surface area (Å²) >= 11 is 0. The van der Waals surface area contributed by atoms with Crippen LogP contribution in [0.15, 0.2) is 163 Å². The molecule has 0 N–H and O–H groups in total. The molecule has 4 heterocycles. The fourth-order valence-corrected chi connectivity index (χ4v) is 13.0. The summed E-state index contributed by atoms with van der Waals surface area (Å²) in [6.45, 7) is 20.4. The first kappa shape index (κ1) is 51.6. The first-order valence-electron chi connectivity index (χ1n) is 25.9. The van der Waals surface area contributed by atoms with E-state index in [1.807, 2.05) is 36.7 Å². The van der Waals surface area contributed by atoms with Gasteiger partial charge in [0.1, 0.15) is 11.2 Å². The molecule has 0 amide bonds. The Labute approximate surface area is 438 Å². The van der Waals surface area contributed by atoms with Crippen molar-refractivity contribution in [1.82, 2.24) is 15.0 Å². The number of pyridine rings is 3. The van der Waals surface area contributed by atoms with Gasteiger partial charge < -0.3 is 4.42 Å². The average Bonchev–Trinajstić information content (AvgIpc) is 3.76. The molecule has 1 atom stereocenters. The number of fused-ring (bicyclic) bond motifs is 6. The van der Waals surface area contributed by atoms with Gasteiger partial charge in [0.25, 0.3) is 0 Å². The second-order valence-corrected chi connectivity index (χ2v) is 26.5. The summed E-state index contributed by atoms with van der Waals surface area (Å²) in [5.74, 6) is 3.28. The zero-order valence-electron chi connectivity index (χ0n) is 43.4. The number of aromatic nitrogens is 3. The Kier molecular flexibility index (Phi) is 16.5. The maximum atomic E-state index is 6.65. The van der Waals surface area contributed by atoms with Crippen LogP contribution in [0.5, 0.6) is 0 Å². The summed E-state index contributed by atoms with van der Waals surface area (Å²) in [6, 6.07) is 49.3. The average molecular weight is 1130 g/mol. The Morgan fingerprint density at radius 1 is 0.620 bits per heavy atom. The summed E-state index contributed by atoms with van der Waals surface area (Å²) in [5.41, 5.74) is 19.1. The number of hydrogen-bond acceptors (Lipinski definition) is 4. The molecule has 1 unspecified atom stereocenters. The number of rotatable bonds is 9. The molecule has 0 saturated heterocycles. The molecule has 71 heavy (non-hydrogen) atoms. The van der Waals surface area contributed by atoms with Crippen LogP contribution >= 0.6 is 0 Å². The van der Waals surface area contributed by atoms with Crippen LogP contribution in [0.3, 0.4) is 0 Å². The van der Waals surface area contributed by atoms with Crippen LogP contribution in [0.25, 0.3) is 66.8 Å². The van der Waals surface area contributed by atoms with Crippen molar-refractivity contribution in [2.45, 2.75) is 112 Å². The van der Waals surface area contributed by atoms with Crippen molar-refractivity contribution in [2.75, 3.05) is 0 Å². The van der Waals surface area contributed by atoms with Crippen molar-refractivity contribution in [3.05, 3.63) is 191 Å². The van der Waals surface area contributed by atoms with Gasteiger partial charge in [0, 0.05) is 66.2 Å². The van der Waals surface area contributed by atoms with Gasteiger partial charge in [-0.15, -0.1) is 0 Å². The monoisotopic (exact) mass is 1130 g/mol. The number of benzene rings is 5. The molecule has 3 aliphatic rings. The summed E-state index contributed by atoms with van der Waals surface area (Å²) in [6.07, 6.45) is 15.4. The summed E-state index contributed by atoms with van der Waals surface area (Å²) in [5, 5.41) is 3.86. The van der Waals surface area contributed by atoms with E-state index in [0.29, 0.717) is 5.92 Å². The minimum Gasteiger partial charge on any atom is -0.455 e. The molecule has 3 saturated carbocycles. The van der Waals surface area contributed by atoms with Gasteiger partial charge in [0.15, 0.2) is 0 Å². The summed E-state index contributed by atoms with van der Waals surface area (Å²) in [4.78, 5) is 13.9.